The Morgan fingerprint density at radius 3 is 2.39 bits per heavy atom. The van der Waals surface area contributed by atoms with E-state index in [9.17, 15) is 9.59 Å². The molecular weight excluding hydrogens is 378 g/mol. The molecule has 0 bridgehead atoms. The van der Waals surface area contributed by atoms with E-state index in [1.165, 1.54) is 6.20 Å². The normalized spacial score (nSPS) is 10.2. The maximum absolute atomic E-state index is 12.3. The Labute approximate surface area is 167 Å². The van der Waals surface area contributed by atoms with Gasteiger partial charge in [0, 0.05) is 22.6 Å². The molecular formula is C21H18ClN3O3. The predicted molar refractivity (Wildman–Crippen MR) is 109 cm³/mol. The smallest absolute Gasteiger partial charge is 0.338 e. The number of halogens is 1. The number of rotatable bonds is 6. The number of hydrogen-bond acceptors (Lipinski definition) is 5. The number of amides is 1. The van der Waals surface area contributed by atoms with Crippen molar-refractivity contribution in [3.8, 4) is 0 Å². The first kappa shape index (κ1) is 19.4. The molecule has 2 aromatic carbocycles. The second kappa shape index (κ2) is 9.01. The topological polar surface area (TPSA) is 80.3 Å². The van der Waals surface area contributed by atoms with Gasteiger partial charge in [0.25, 0.3) is 5.91 Å². The molecule has 1 aromatic heterocycles. The van der Waals surface area contributed by atoms with Crippen LogP contribution in [0.3, 0.4) is 0 Å². The van der Waals surface area contributed by atoms with Gasteiger partial charge in [0.2, 0.25) is 0 Å². The number of carbonyl (C=O) groups is 2. The number of benzene rings is 2. The van der Waals surface area contributed by atoms with Gasteiger partial charge < -0.3 is 15.4 Å². The molecule has 6 nitrogen and oxygen atoms in total. The molecule has 3 aromatic rings. The molecule has 0 saturated carbocycles. The third-order valence-electron chi connectivity index (χ3n) is 3.78. The Hall–Kier alpha value is -3.38. The van der Waals surface area contributed by atoms with Crippen molar-refractivity contribution < 1.29 is 14.3 Å². The lowest BCUT2D eigenvalue weighted by atomic mass is 10.2. The first-order valence-electron chi connectivity index (χ1n) is 8.62. The molecule has 0 unspecified atom stereocenters. The number of esters is 1. The molecule has 3 rings (SSSR count). The van der Waals surface area contributed by atoms with E-state index in [-0.39, 0.29) is 11.9 Å². The molecule has 28 heavy (non-hydrogen) atoms. The first-order chi connectivity index (χ1) is 13.5. The van der Waals surface area contributed by atoms with Crippen molar-refractivity contribution in [2.45, 2.75) is 6.92 Å². The number of carbonyl (C=O) groups excluding carboxylic acids is 2. The molecule has 0 radical (unpaired) electrons. The average molecular weight is 396 g/mol. The van der Waals surface area contributed by atoms with E-state index in [4.69, 9.17) is 16.3 Å². The summed E-state index contributed by atoms with van der Waals surface area (Å²) in [5.41, 5.74) is 2.27. The molecule has 142 valence electrons. The molecule has 1 heterocycles. The Morgan fingerprint density at radius 2 is 1.75 bits per heavy atom. The third-order valence-corrected chi connectivity index (χ3v) is 4.01. The highest BCUT2D eigenvalue weighted by atomic mass is 35.5. The standard InChI is InChI=1S/C21H18ClN3O3/c1-2-28-21(27)14-6-9-17(10-7-14)24-19-11-8-15(13-23-19)20(26)25-18-5-3-4-16(22)12-18/h3-13H,2H2,1H3,(H,23,24)(H,25,26). The van der Waals surface area contributed by atoms with Crippen LogP contribution in [0.4, 0.5) is 17.2 Å². The van der Waals surface area contributed by atoms with E-state index in [1.54, 1.807) is 67.6 Å². The maximum atomic E-state index is 12.3. The Balaban J connectivity index is 1.62. The number of aromatic nitrogens is 1. The van der Waals surface area contributed by atoms with Crippen molar-refractivity contribution in [1.82, 2.24) is 4.98 Å². The van der Waals surface area contributed by atoms with Crippen LogP contribution in [-0.4, -0.2) is 23.5 Å². The van der Waals surface area contributed by atoms with E-state index in [0.717, 1.165) is 5.69 Å². The number of nitrogens with one attached hydrogen (secondary N) is 2. The summed E-state index contributed by atoms with van der Waals surface area (Å²) in [6.45, 7) is 2.10. The largest absolute Gasteiger partial charge is 0.462 e. The number of pyridine rings is 1. The Kier molecular flexibility index (Phi) is 6.24. The zero-order chi connectivity index (χ0) is 19.9. The van der Waals surface area contributed by atoms with Crippen molar-refractivity contribution in [3.05, 3.63) is 83.0 Å². The summed E-state index contributed by atoms with van der Waals surface area (Å²) in [4.78, 5) is 28.2. The summed E-state index contributed by atoms with van der Waals surface area (Å²) in [6.07, 6.45) is 1.48. The van der Waals surface area contributed by atoms with Gasteiger partial charge in [0.15, 0.2) is 0 Å². The minimum absolute atomic E-state index is 0.278. The number of nitrogens with zero attached hydrogens (tertiary/aromatic N) is 1. The first-order valence-corrected chi connectivity index (χ1v) is 9.00. The zero-order valence-corrected chi connectivity index (χ0v) is 15.9. The maximum Gasteiger partial charge on any atom is 0.338 e. The van der Waals surface area contributed by atoms with Crippen LogP contribution in [0, 0.1) is 0 Å². The van der Waals surface area contributed by atoms with E-state index in [0.29, 0.717) is 34.3 Å². The van der Waals surface area contributed by atoms with Crippen molar-refractivity contribution in [3.63, 3.8) is 0 Å². The number of anilines is 3. The van der Waals surface area contributed by atoms with Gasteiger partial charge in [0.05, 0.1) is 17.7 Å². The SMILES string of the molecule is CCOC(=O)c1ccc(Nc2ccc(C(=O)Nc3cccc(Cl)c3)cn2)cc1. The van der Waals surface area contributed by atoms with E-state index in [1.807, 2.05) is 0 Å². The van der Waals surface area contributed by atoms with Gasteiger partial charge in [-0.3, -0.25) is 4.79 Å². The molecule has 0 spiro atoms. The van der Waals surface area contributed by atoms with Crippen molar-refractivity contribution in [2.75, 3.05) is 17.2 Å². The molecule has 0 fully saturated rings. The van der Waals surface area contributed by atoms with Crippen molar-refractivity contribution >= 4 is 40.7 Å². The summed E-state index contributed by atoms with van der Waals surface area (Å²) >= 11 is 5.92. The fourth-order valence-corrected chi connectivity index (χ4v) is 2.61. The van der Waals surface area contributed by atoms with Gasteiger partial charge in [-0.25, -0.2) is 9.78 Å². The highest BCUT2D eigenvalue weighted by Gasteiger charge is 2.08. The van der Waals surface area contributed by atoms with Crippen LogP contribution in [-0.2, 0) is 4.74 Å². The van der Waals surface area contributed by atoms with Crippen molar-refractivity contribution in [2.24, 2.45) is 0 Å². The van der Waals surface area contributed by atoms with Gasteiger partial charge >= 0.3 is 5.97 Å². The Morgan fingerprint density at radius 1 is 1.00 bits per heavy atom. The van der Waals surface area contributed by atoms with Crippen LogP contribution in [0.25, 0.3) is 0 Å². The minimum atomic E-state index is -0.359. The molecule has 0 aliphatic heterocycles. The second-order valence-corrected chi connectivity index (χ2v) is 6.26. The van der Waals surface area contributed by atoms with Crippen LogP contribution < -0.4 is 10.6 Å². The fraction of sp³-hybridized carbons (Fsp3) is 0.0952. The second-order valence-electron chi connectivity index (χ2n) is 5.82. The molecule has 0 saturated heterocycles. The molecule has 0 aliphatic rings. The van der Waals surface area contributed by atoms with Gasteiger partial charge in [0.1, 0.15) is 5.82 Å². The van der Waals surface area contributed by atoms with Gasteiger partial charge in [-0.1, -0.05) is 17.7 Å². The van der Waals surface area contributed by atoms with Crippen LogP contribution in [0.5, 0.6) is 0 Å². The van der Waals surface area contributed by atoms with Gasteiger partial charge in [-0.2, -0.15) is 0 Å². The van der Waals surface area contributed by atoms with Gasteiger partial charge in [-0.15, -0.1) is 0 Å². The summed E-state index contributed by atoms with van der Waals surface area (Å²) in [5, 5.41) is 6.43. The summed E-state index contributed by atoms with van der Waals surface area (Å²) in [7, 11) is 0. The monoisotopic (exact) mass is 395 g/mol. The molecule has 2 N–H and O–H groups in total. The van der Waals surface area contributed by atoms with E-state index in [2.05, 4.69) is 15.6 Å². The lowest BCUT2D eigenvalue weighted by Gasteiger charge is -2.08. The summed E-state index contributed by atoms with van der Waals surface area (Å²) in [5.74, 6) is -0.0643. The van der Waals surface area contributed by atoms with Crippen LogP contribution in [0.2, 0.25) is 5.02 Å². The summed E-state index contributed by atoms with van der Waals surface area (Å²) < 4.78 is 4.95. The predicted octanol–water partition coefficient (Wildman–Crippen LogP) is 4.91. The highest BCUT2D eigenvalue weighted by molar-refractivity contribution is 6.31. The van der Waals surface area contributed by atoms with Crippen LogP contribution in [0.15, 0.2) is 66.9 Å². The number of hydrogen-bond donors (Lipinski definition) is 2. The average Bonchev–Trinajstić information content (AvgIpc) is 2.69. The van der Waals surface area contributed by atoms with E-state index < -0.39 is 0 Å². The minimum Gasteiger partial charge on any atom is -0.462 e. The highest BCUT2D eigenvalue weighted by Crippen LogP contribution is 2.18. The van der Waals surface area contributed by atoms with Crippen LogP contribution in [0.1, 0.15) is 27.6 Å². The molecule has 7 heteroatoms. The third kappa shape index (κ3) is 5.08. The molecule has 0 atom stereocenters. The fourth-order valence-electron chi connectivity index (χ4n) is 2.42. The molecule has 1 amide bonds. The van der Waals surface area contributed by atoms with Crippen LogP contribution >= 0.6 is 11.6 Å². The summed E-state index contributed by atoms with van der Waals surface area (Å²) in [6, 6.07) is 17.2. The lowest BCUT2D eigenvalue weighted by molar-refractivity contribution is 0.0526. The number of ether oxygens (including phenoxy) is 1. The quantitative estimate of drug-likeness (QED) is 0.580. The zero-order valence-electron chi connectivity index (χ0n) is 15.1. The molecule has 0 aliphatic carbocycles. The Bertz CT molecular complexity index is 973. The van der Waals surface area contributed by atoms with Gasteiger partial charge in [-0.05, 0) is 61.5 Å². The van der Waals surface area contributed by atoms with E-state index >= 15 is 0 Å². The van der Waals surface area contributed by atoms with Crippen molar-refractivity contribution in [1.29, 1.82) is 0 Å². The lowest BCUT2D eigenvalue weighted by Crippen LogP contribution is -2.12.